The van der Waals surface area contributed by atoms with Gasteiger partial charge in [-0.05, 0) is 56.1 Å². The first kappa shape index (κ1) is 19.5. The lowest BCUT2D eigenvalue weighted by atomic mass is 9.99. The number of nitrogens with two attached hydrogens (primary N) is 1. The molecule has 0 amide bonds. The van der Waals surface area contributed by atoms with Crippen molar-refractivity contribution < 1.29 is 4.74 Å². The van der Waals surface area contributed by atoms with Crippen molar-refractivity contribution in [3.63, 3.8) is 0 Å². The first-order valence-corrected chi connectivity index (χ1v) is 9.51. The van der Waals surface area contributed by atoms with E-state index in [9.17, 15) is 0 Å². The molecule has 2 aromatic rings. The van der Waals surface area contributed by atoms with Gasteiger partial charge in [0.05, 0.1) is 0 Å². The van der Waals surface area contributed by atoms with Gasteiger partial charge in [-0.3, -0.25) is 0 Å². The topological polar surface area (TPSA) is 47.3 Å². The predicted molar refractivity (Wildman–Crippen MR) is 106 cm³/mol. The number of nitrogens with one attached hydrogen (secondary N) is 1. The minimum Gasteiger partial charge on any atom is -0.489 e. The van der Waals surface area contributed by atoms with Crippen molar-refractivity contribution in [3.05, 3.63) is 66.2 Å². The van der Waals surface area contributed by atoms with Crippen molar-refractivity contribution in [1.29, 1.82) is 0 Å². The number of piperidine rings is 1. The zero-order valence-electron chi connectivity index (χ0n) is 15.2. The fraction of sp³-hybridized carbons (Fsp3) is 0.455. The Hall–Kier alpha value is -1.84. The molecule has 3 nitrogen and oxygen atoms in total. The molecule has 3 N–H and O–H groups in total. The highest BCUT2D eigenvalue weighted by molar-refractivity contribution is 5.22. The summed E-state index contributed by atoms with van der Waals surface area (Å²) in [6.45, 7) is 3.84. The molecule has 1 saturated heterocycles. The molecule has 25 heavy (non-hydrogen) atoms. The van der Waals surface area contributed by atoms with E-state index >= 15 is 0 Å². The molecule has 0 bridgehead atoms. The van der Waals surface area contributed by atoms with Crippen LogP contribution in [0.5, 0.6) is 5.75 Å². The van der Waals surface area contributed by atoms with Crippen LogP contribution in [0.1, 0.15) is 37.7 Å². The van der Waals surface area contributed by atoms with Crippen LogP contribution in [0.4, 0.5) is 0 Å². The van der Waals surface area contributed by atoms with Gasteiger partial charge in [0, 0.05) is 0 Å². The Morgan fingerprint density at radius 2 is 1.40 bits per heavy atom. The van der Waals surface area contributed by atoms with E-state index in [0.717, 1.165) is 18.2 Å². The Bertz CT molecular complexity index is 494. The fourth-order valence-corrected chi connectivity index (χ4v) is 2.38. The van der Waals surface area contributed by atoms with E-state index in [1.54, 1.807) is 0 Å². The van der Waals surface area contributed by atoms with Crippen molar-refractivity contribution in [2.45, 2.75) is 38.7 Å². The Morgan fingerprint density at radius 1 is 0.840 bits per heavy atom. The van der Waals surface area contributed by atoms with Gasteiger partial charge in [-0.15, -0.1) is 0 Å². The zero-order chi connectivity index (χ0) is 17.6. The molecule has 2 aromatic carbocycles. The smallest absolute Gasteiger partial charge is 0.119 e. The SMILES string of the molecule is C1CC1.NCC1CCNCC1.c1ccc(COc2ccccc2)cc1. The Balaban J connectivity index is 0.000000171. The minimum absolute atomic E-state index is 0.630. The van der Waals surface area contributed by atoms with Crippen molar-refractivity contribution in [3.8, 4) is 5.75 Å². The molecule has 0 aromatic heterocycles. The first-order chi connectivity index (χ1) is 12.4. The zero-order valence-corrected chi connectivity index (χ0v) is 15.2. The van der Waals surface area contributed by atoms with Crippen molar-refractivity contribution in [2.75, 3.05) is 19.6 Å². The molecule has 0 spiro atoms. The van der Waals surface area contributed by atoms with E-state index in [0.29, 0.717) is 6.61 Å². The number of benzene rings is 2. The van der Waals surface area contributed by atoms with E-state index in [4.69, 9.17) is 10.5 Å². The fourth-order valence-electron chi connectivity index (χ4n) is 2.38. The molecule has 4 rings (SSSR count). The van der Waals surface area contributed by atoms with E-state index in [1.807, 2.05) is 48.5 Å². The quantitative estimate of drug-likeness (QED) is 0.868. The normalized spacial score (nSPS) is 15.9. The van der Waals surface area contributed by atoms with Crippen LogP contribution in [-0.4, -0.2) is 19.6 Å². The summed E-state index contributed by atoms with van der Waals surface area (Å²) < 4.78 is 5.59. The monoisotopic (exact) mass is 340 g/mol. The van der Waals surface area contributed by atoms with E-state index in [-0.39, 0.29) is 0 Å². The average Bonchev–Trinajstić information content (AvgIpc) is 3.59. The minimum atomic E-state index is 0.630. The molecule has 1 aliphatic carbocycles. The summed E-state index contributed by atoms with van der Waals surface area (Å²) in [7, 11) is 0. The van der Waals surface area contributed by atoms with Crippen LogP contribution in [0, 0.1) is 5.92 Å². The summed E-state index contributed by atoms with van der Waals surface area (Å²) in [5.74, 6) is 1.72. The van der Waals surface area contributed by atoms with E-state index in [2.05, 4.69) is 17.4 Å². The molecule has 1 heterocycles. The van der Waals surface area contributed by atoms with Gasteiger partial charge in [0.2, 0.25) is 0 Å². The Labute approximate surface area is 152 Å². The number of para-hydroxylation sites is 1. The molecule has 0 radical (unpaired) electrons. The number of hydrogen-bond donors (Lipinski definition) is 2. The first-order valence-electron chi connectivity index (χ1n) is 9.51. The van der Waals surface area contributed by atoms with Crippen LogP contribution in [-0.2, 0) is 6.61 Å². The van der Waals surface area contributed by atoms with Crippen LogP contribution >= 0.6 is 0 Å². The molecule has 1 aliphatic heterocycles. The van der Waals surface area contributed by atoms with Gasteiger partial charge in [-0.2, -0.15) is 0 Å². The van der Waals surface area contributed by atoms with E-state index in [1.165, 1.54) is 50.8 Å². The van der Waals surface area contributed by atoms with E-state index < -0.39 is 0 Å². The largest absolute Gasteiger partial charge is 0.489 e. The molecular weight excluding hydrogens is 308 g/mol. The maximum absolute atomic E-state index is 5.59. The number of hydrogen-bond acceptors (Lipinski definition) is 3. The summed E-state index contributed by atoms with van der Waals surface area (Å²) in [6, 6.07) is 20.0. The third-order valence-corrected chi connectivity index (χ3v) is 4.14. The van der Waals surface area contributed by atoms with Gasteiger partial charge in [0.15, 0.2) is 0 Å². The van der Waals surface area contributed by atoms with Crippen LogP contribution in [0.25, 0.3) is 0 Å². The maximum Gasteiger partial charge on any atom is 0.119 e. The molecule has 2 fully saturated rings. The van der Waals surface area contributed by atoms with Crippen LogP contribution in [0.15, 0.2) is 60.7 Å². The highest BCUT2D eigenvalue weighted by Gasteiger charge is 2.09. The summed E-state index contributed by atoms with van der Waals surface area (Å²) in [4.78, 5) is 0. The Kier molecular flexibility index (Phi) is 9.75. The second kappa shape index (κ2) is 12.5. The molecule has 0 unspecified atom stereocenters. The van der Waals surface area contributed by atoms with Crippen LogP contribution in [0.3, 0.4) is 0 Å². The van der Waals surface area contributed by atoms with Gasteiger partial charge >= 0.3 is 0 Å². The summed E-state index contributed by atoms with van der Waals surface area (Å²) >= 11 is 0. The summed E-state index contributed by atoms with van der Waals surface area (Å²) in [6.07, 6.45) is 7.05. The second-order valence-corrected chi connectivity index (χ2v) is 6.58. The molecular formula is C22H32N2O. The third kappa shape index (κ3) is 9.90. The van der Waals surface area contributed by atoms with Crippen molar-refractivity contribution >= 4 is 0 Å². The average molecular weight is 341 g/mol. The summed E-state index contributed by atoms with van der Waals surface area (Å²) in [5, 5.41) is 3.29. The standard InChI is InChI=1S/C13H12O.C6H14N2.C3H6/c1-3-7-12(8-4-1)11-14-13-9-5-2-6-10-13;7-5-6-1-3-8-4-2-6;1-2-3-1/h1-10H,11H2;6,8H,1-5,7H2;1-3H2. The lowest BCUT2D eigenvalue weighted by Crippen LogP contribution is -2.31. The summed E-state index contributed by atoms with van der Waals surface area (Å²) in [5.41, 5.74) is 6.67. The van der Waals surface area contributed by atoms with Gasteiger partial charge in [0.1, 0.15) is 12.4 Å². The highest BCUT2D eigenvalue weighted by atomic mass is 16.5. The van der Waals surface area contributed by atoms with Crippen molar-refractivity contribution in [1.82, 2.24) is 5.32 Å². The van der Waals surface area contributed by atoms with Crippen molar-refractivity contribution in [2.24, 2.45) is 11.7 Å². The predicted octanol–water partition coefficient (Wildman–Crippen LogP) is 4.38. The van der Waals surface area contributed by atoms with Gasteiger partial charge in [-0.1, -0.05) is 67.8 Å². The van der Waals surface area contributed by atoms with Gasteiger partial charge < -0.3 is 15.8 Å². The second-order valence-electron chi connectivity index (χ2n) is 6.58. The molecule has 2 aliphatic rings. The maximum atomic E-state index is 5.59. The number of rotatable bonds is 4. The van der Waals surface area contributed by atoms with Gasteiger partial charge in [-0.25, -0.2) is 0 Å². The molecule has 0 atom stereocenters. The molecule has 1 saturated carbocycles. The third-order valence-electron chi connectivity index (χ3n) is 4.14. The molecule has 136 valence electrons. The number of ether oxygens (including phenoxy) is 1. The van der Waals surface area contributed by atoms with Crippen LogP contribution < -0.4 is 15.8 Å². The Morgan fingerprint density at radius 3 is 1.88 bits per heavy atom. The lowest BCUT2D eigenvalue weighted by Gasteiger charge is -2.20. The van der Waals surface area contributed by atoms with Gasteiger partial charge in [0.25, 0.3) is 0 Å². The lowest BCUT2D eigenvalue weighted by molar-refractivity contribution is 0.306. The van der Waals surface area contributed by atoms with Crippen LogP contribution in [0.2, 0.25) is 0 Å². The molecule has 3 heteroatoms. The highest BCUT2D eigenvalue weighted by Crippen LogP contribution is 2.15.